The van der Waals surface area contributed by atoms with Crippen LogP contribution in [0.2, 0.25) is 10.0 Å². The van der Waals surface area contributed by atoms with E-state index in [1.165, 1.54) is 10.2 Å². The Kier molecular flexibility index (Phi) is 7.45. The summed E-state index contributed by atoms with van der Waals surface area (Å²) in [7, 11) is 0. The molecule has 0 aliphatic carbocycles. The lowest BCUT2D eigenvalue weighted by Crippen LogP contribution is -2.46. The number of aliphatic hydroxyl groups is 1. The van der Waals surface area contributed by atoms with Gasteiger partial charge < -0.3 is 10.8 Å². The van der Waals surface area contributed by atoms with Crippen molar-refractivity contribution in [3.8, 4) is 28.2 Å². The summed E-state index contributed by atoms with van der Waals surface area (Å²) >= 11 is 12.6. The first-order valence-corrected chi connectivity index (χ1v) is 12.4. The minimum atomic E-state index is 0.215. The number of tetrazole rings is 1. The summed E-state index contributed by atoms with van der Waals surface area (Å²) in [5, 5.41) is 22.0. The van der Waals surface area contributed by atoms with Crippen LogP contribution in [0.25, 0.3) is 28.2 Å². The van der Waals surface area contributed by atoms with E-state index in [-0.39, 0.29) is 6.61 Å². The topological polar surface area (TPSA) is 109 Å². The van der Waals surface area contributed by atoms with Crippen molar-refractivity contribution in [3.05, 3.63) is 70.3 Å². The number of anilines is 1. The molecule has 0 bridgehead atoms. The Bertz CT molecular complexity index is 1340. The van der Waals surface area contributed by atoms with Gasteiger partial charge in [-0.25, -0.2) is 4.98 Å². The molecule has 0 spiro atoms. The SMILES string of the molecule is Nc1ncc(-c2ccc(CN3CCN(CCO)CC3)cc2)cc1-c1nnnn1-c1cccc(Cl)c1Cl. The van der Waals surface area contributed by atoms with Gasteiger partial charge in [-0.1, -0.05) is 53.5 Å². The van der Waals surface area contributed by atoms with E-state index in [1.807, 2.05) is 6.07 Å². The number of hydrogen-bond acceptors (Lipinski definition) is 8. The van der Waals surface area contributed by atoms with E-state index >= 15 is 0 Å². The van der Waals surface area contributed by atoms with E-state index in [4.69, 9.17) is 34.0 Å². The van der Waals surface area contributed by atoms with E-state index in [1.54, 1.807) is 24.4 Å². The Hall–Kier alpha value is -3.08. The number of nitrogens with zero attached hydrogens (tertiary/aromatic N) is 7. The van der Waals surface area contributed by atoms with Gasteiger partial charge >= 0.3 is 0 Å². The van der Waals surface area contributed by atoms with Gasteiger partial charge in [0.05, 0.1) is 27.9 Å². The Morgan fingerprint density at radius 2 is 1.69 bits per heavy atom. The van der Waals surface area contributed by atoms with Crippen LogP contribution in [0, 0.1) is 0 Å². The number of benzene rings is 2. The first-order chi connectivity index (χ1) is 17.5. The monoisotopic (exact) mass is 524 g/mol. The highest BCUT2D eigenvalue weighted by Gasteiger charge is 2.19. The number of β-amino-alcohol motifs (C(OH)–C–C–N with tert-alkyl or cyclic N) is 1. The molecule has 1 saturated heterocycles. The Balaban J connectivity index is 1.36. The highest BCUT2D eigenvalue weighted by atomic mass is 35.5. The van der Waals surface area contributed by atoms with Gasteiger partial charge in [0.2, 0.25) is 0 Å². The van der Waals surface area contributed by atoms with Crippen LogP contribution in [0.15, 0.2) is 54.7 Å². The summed E-state index contributed by atoms with van der Waals surface area (Å²) in [4.78, 5) is 9.13. The predicted octanol–water partition coefficient (Wildman–Crippen LogP) is 3.39. The quantitative estimate of drug-likeness (QED) is 0.378. The fourth-order valence-corrected chi connectivity index (χ4v) is 4.73. The Labute approximate surface area is 219 Å². The van der Waals surface area contributed by atoms with Crippen molar-refractivity contribution in [1.82, 2.24) is 35.0 Å². The zero-order chi connectivity index (χ0) is 25.1. The maximum atomic E-state index is 9.12. The molecule has 0 amide bonds. The molecular weight excluding hydrogens is 499 g/mol. The molecule has 9 nitrogen and oxygen atoms in total. The van der Waals surface area contributed by atoms with Crippen LogP contribution >= 0.6 is 23.2 Å². The van der Waals surface area contributed by atoms with Gasteiger partial charge in [-0.15, -0.1) is 5.10 Å². The number of piperazine rings is 1. The Morgan fingerprint density at radius 3 is 2.44 bits per heavy atom. The van der Waals surface area contributed by atoms with Crippen molar-refractivity contribution in [2.75, 3.05) is 45.1 Å². The zero-order valence-corrected chi connectivity index (χ0v) is 21.1. The van der Waals surface area contributed by atoms with Crippen molar-refractivity contribution in [2.24, 2.45) is 0 Å². The molecule has 0 atom stereocenters. The van der Waals surface area contributed by atoms with Gasteiger partial charge in [0, 0.05) is 51.0 Å². The second-order valence-electron chi connectivity index (χ2n) is 8.68. The first-order valence-electron chi connectivity index (χ1n) is 11.7. The fraction of sp³-hybridized carbons (Fsp3) is 0.280. The van der Waals surface area contributed by atoms with Crippen LogP contribution in [0.1, 0.15) is 5.56 Å². The molecule has 186 valence electrons. The molecule has 3 N–H and O–H groups in total. The van der Waals surface area contributed by atoms with Crippen LogP contribution in [-0.2, 0) is 6.54 Å². The van der Waals surface area contributed by atoms with Crippen molar-refractivity contribution >= 4 is 29.0 Å². The molecule has 1 aliphatic rings. The van der Waals surface area contributed by atoms with Gasteiger partial charge in [0.25, 0.3) is 0 Å². The third-order valence-electron chi connectivity index (χ3n) is 6.36. The molecule has 36 heavy (non-hydrogen) atoms. The lowest BCUT2D eigenvalue weighted by Gasteiger charge is -2.34. The third-order valence-corrected chi connectivity index (χ3v) is 7.17. The maximum Gasteiger partial charge on any atom is 0.190 e. The van der Waals surface area contributed by atoms with E-state index in [9.17, 15) is 0 Å². The number of aromatic nitrogens is 5. The van der Waals surface area contributed by atoms with Crippen molar-refractivity contribution in [3.63, 3.8) is 0 Å². The average molecular weight is 525 g/mol. The molecular formula is C25H26Cl2N8O. The second-order valence-corrected chi connectivity index (χ2v) is 9.47. The predicted molar refractivity (Wildman–Crippen MR) is 141 cm³/mol. The lowest BCUT2D eigenvalue weighted by atomic mass is 10.0. The second kappa shape index (κ2) is 10.9. The maximum absolute atomic E-state index is 9.12. The molecule has 2 aromatic heterocycles. The van der Waals surface area contributed by atoms with Crippen molar-refractivity contribution in [2.45, 2.75) is 6.54 Å². The summed E-state index contributed by atoms with van der Waals surface area (Å²) in [6, 6.07) is 15.7. The summed E-state index contributed by atoms with van der Waals surface area (Å²) in [5.74, 6) is 0.730. The molecule has 0 radical (unpaired) electrons. The van der Waals surface area contributed by atoms with Crippen molar-refractivity contribution in [1.29, 1.82) is 0 Å². The minimum absolute atomic E-state index is 0.215. The van der Waals surface area contributed by atoms with Crippen LogP contribution in [0.3, 0.4) is 0 Å². The standard InChI is InChI=1S/C25H26Cl2N8O/c26-21-2-1-3-22(23(21)27)35-25(30-31-32-35)20-14-19(15-29-24(20)28)18-6-4-17(5-7-18)16-34-10-8-33(9-11-34)12-13-36/h1-7,14-15,36H,8-13,16H2,(H2,28,29). The van der Waals surface area contributed by atoms with Crippen LogP contribution in [-0.4, -0.2) is 79.4 Å². The number of nitrogens with two attached hydrogens (primary N) is 1. The molecule has 0 saturated carbocycles. The number of aliphatic hydroxyl groups excluding tert-OH is 1. The largest absolute Gasteiger partial charge is 0.395 e. The van der Waals surface area contributed by atoms with E-state index < -0.39 is 0 Å². The van der Waals surface area contributed by atoms with E-state index in [0.717, 1.165) is 50.4 Å². The van der Waals surface area contributed by atoms with Gasteiger partial charge in [0.15, 0.2) is 5.82 Å². The normalized spacial score (nSPS) is 14.9. The van der Waals surface area contributed by atoms with Crippen LogP contribution < -0.4 is 5.73 Å². The highest BCUT2D eigenvalue weighted by Crippen LogP contribution is 2.33. The molecule has 4 aromatic rings. The van der Waals surface area contributed by atoms with E-state index in [0.29, 0.717) is 32.9 Å². The summed E-state index contributed by atoms with van der Waals surface area (Å²) in [5.41, 5.74) is 10.5. The number of halogens is 2. The summed E-state index contributed by atoms with van der Waals surface area (Å²) in [6.07, 6.45) is 1.74. The van der Waals surface area contributed by atoms with Gasteiger partial charge in [-0.3, -0.25) is 9.80 Å². The van der Waals surface area contributed by atoms with Gasteiger partial charge in [-0.05, 0) is 39.8 Å². The molecule has 11 heteroatoms. The number of hydrogen-bond donors (Lipinski definition) is 2. The molecule has 1 aliphatic heterocycles. The lowest BCUT2D eigenvalue weighted by molar-refractivity contribution is 0.108. The summed E-state index contributed by atoms with van der Waals surface area (Å²) in [6.45, 7) is 5.83. The number of rotatable bonds is 7. The molecule has 0 unspecified atom stereocenters. The van der Waals surface area contributed by atoms with Gasteiger partial charge in [0.1, 0.15) is 5.82 Å². The number of nitrogen functional groups attached to an aromatic ring is 1. The molecule has 1 fully saturated rings. The average Bonchev–Trinajstić information content (AvgIpc) is 3.37. The minimum Gasteiger partial charge on any atom is -0.395 e. The smallest absolute Gasteiger partial charge is 0.190 e. The number of pyridine rings is 1. The van der Waals surface area contributed by atoms with Gasteiger partial charge in [-0.2, -0.15) is 4.68 Å². The molecule has 3 heterocycles. The Morgan fingerprint density at radius 1 is 0.944 bits per heavy atom. The summed E-state index contributed by atoms with van der Waals surface area (Å²) < 4.78 is 1.51. The fourth-order valence-electron chi connectivity index (χ4n) is 4.36. The molecule has 2 aromatic carbocycles. The van der Waals surface area contributed by atoms with Crippen LogP contribution in [0.5, 0.6) is 0 Å². The highest BCUT2D eigenvalue weighted by molar-refractivity contribution is 6.43. The molecule has 5 rings (SSSR count). The van der Waals surface area contributed by atoms with Crippen molar-refractivity contribution < 1.29 is 5.11 Å². The van der Waals surface area contributed by atoms with E-state index in [2.05, 4.69) is 54.6 Å². The zero-order valence-electron chi connectivity index (χ0n) is 19.6. The third kappa shape index (κ3) is 5.21. The van der Waals surface area contributed by atoms with Crippen LogP contribution in [0.4, 0.5) is 5.82 Å². The first kappa shape index (κ1) is 24.6.